The van der Waals surface area contributed by atoms with Gasteiger partial charge in [0, 0.05) is 12.2 Å². The molecule has 0 bridgehead atoms. The molecule has 0 spiro atoms. The van der Waals surface area contributed by atoms with Crippen molar-refractivity contribution in [2.45, 2.75) is 25.7 Å². The average molecular weight is 304 g/mol. The summed E-state index contributed by atoms with van der Waals surface area (Å²) in [5.41, 5.74) is 8.56. The Morgan fingerprint density at radius 1 is 1.10 bits per heavy atom. The molecule has 0 aliphatic rings. The number of nitrogens with zero attached hydrogens (tertiary/aromatic N) is 1. The van der Waals surface area contributed by atoms with Gasteiger partial charge in [0.05, 0.1) is 10.6 Å². The van der Waals surface area contributed by atoms with Gasteiger partial charge in [0.25, 0.3) is 10.0 Å². The second kappa shape index (κ2) is 5.77. The van der Waals surface area contributed by atoms with Gasteiger partial charge < -0.3 is 5.73 Å². The van der Waals surface area contributed by atoms with Gasteiger partial charge in [-0.05, 0) is 56.2 Å². The van der Waals surface area contributed by atoms with Gasteiger partial charge in [0.1, 0.15) is 0 Å². The molecule has 21 heavy (non-hydrogen) atoms. The number of aryl methyl sites for hydroxylation is 2. The van der Waals surface area contributed by atoms with Crippen LogP contribution in [0.1, 0.15) is 18.1 Å². The maximum absolute atomic E-state index is 12.9. The summed E-state index contributed by atoms with van der Waals surface area (Å²) >= 11 is 0. The molecule has 0 aliphatic heterocycles. The van der Waals surface area contributed by atoms with Crippen LogP contribution in [0.3, 0.4) is 0 Å². The molecule has 0 aromatic heterocycles. The molecule has 0 radical (unpaired) electrons. The Bertz CT molecular complexity index is 755. The van der Waals surface area contributed by atoms with Gasteiger partial charge in [-0.15, -0.1) is 0 Å². The standard InChI is InChI=1S/C16H20N2O2S/c1-4-18(15-7-5-6-12(2)10-15)21(19,20)16-11-14(17)9-8-13(16)3/h5-11H,4,17H2,1-3H3. The molecule has 0 aliphatic carbocycles. The van der Waals surface area contributed by atoms with Crippen molar-refractivity contribution in [2.75, 3.05) is 16.6 Å². The lowest BCUT2D eigenvalue weighted by Gasteiger charge is -2.24. The summed E-state index contributed by atoms with van der Waals surface area (Å²) < 4.78 is 27.2. The predicted molar refractivity (Wildman–Crippen MR) is 87.0 cm³/mol. The number of sulfonamides is 1. The number of rotatable bonds is 4. The van der Waals surface area contributed by atoms with Crippen LogP contribution >= 0.6 is 0 Å². The minimum Gasteiger partial charge on any atom is -0.399 e. The fourth-order valence-corrected chi connectivity index (χ4v) is 4.02. The lowest BCUT2D eigenvalue weighted by Crippen LogP contribution is -2.31. The van der Waals surface area contributed by atoms with E-state index in [-0.39, 0.29) is 4.90 Å². The predicted octanol–water partition coefficient (Wildman–Crippen LogP) is 3.10. The zero-order valence-electron chi connectivity index (χ0n) is 12.5. The molecule has 5 heteroatoms. The number of nitrogen functional groups attached to an aromatic ring is 1. The van der Waals surface area contributed by atoms with Crippen LogP contribution in [0.4, 0.5) is 11.4 Å². The van der Waals surface area contributed by atoms with Crippen LogP contribution in [-0.4, -0.2) is 15.0 Å². The van der Waals surface area contributed by atoms with E-state index in [9.17, 15) is 8.42 Å². The molecule has 2 N–H and O–H groups in total. The maximum Gasteiger partial charge on any atom is 0.264 e. The van der Waals surface area contributed by atoms with Crippen LogP contribution < -0.4 is 10.0 Å². The van der Waals surface area contributed by atoms with E-state index in [1.807, 2.05) is 32.0 Å². The Hall–Kier alpha value is -2.01. The number of hydrogen-bond donors (Lipinski definition) is 1. The fourth-order valence-electron chi connectivity index (χ4n) is 2.29. The molecule has 0 atom stereocenters. The molecule has 0 saturated carbocycles. The third-order valence-corrected chi connectivity index (χ3v) is 5.40. The minimum absolute atomic E-state index is 0.255. The van der Waals surface area contributed by atoms with Gasteiger partial charge in [0.15, 0.2) is 0 Å². The first-order valence-corrected chi connectivity index (χ1v) is 8.26. The minimum atomic E-state index is -3.62. The van der Waals surface area contributed by atoms with Crippen LogP contribution in [0.2, 0.25) is 0 Å². The lowest BCUT2D eigenvalue weighted by molar-refractivity contribution is 0.591. The van der Waals surface area contributed by atoms with E-state index in [2.05, 4.69) is 0 Å². The van der Waals surface area contributed by atoms with E-state index in [4.69, 9.17) is 5.73 Å². The summed E-state index contributed by atoms with van der Waals surface area (Å²) in [4.78, 5) is 0.255. The molecule has 2 rings (SSSR count). The third kappa shape index (κ3) is 3.03. The maximum atomic E-state index is 12.9. The normalized spacial score (nSPS) is 11.4. The van der Waals surface area contributed by atoms with Gasteiger partial charge in [-0.3, -0.25) is 4.31 Å². The van der Waals surface area contributed by atoms with Crippen molar-refractivity contribution in [1.29, 1.82) is 0 Å². The summed E-state index contributed by atoms with van der Waals surface area (Å²) in [6, 6.07) is 12.4. The van der Waals surface area contributed by atoms with Crippen molar-refractivity contribution in [3.63, 3.8) is 0 Å². The highest BCUT2D eigenvalue weighted by Crippen LogP contribution is 2.27. The molecule has 0 saturated heterocycles. The van der Waals surface area contributed by atoms with Crippen LogP contribution in [0.25, 0.3) is 0 Å². The van der Waals surface area contributed by atoms with E-state index in [1.54, 1.807) is 25.1 Å². The molecule has 0 amide bonds. The lowest BCUT2D eigenvalue weighted by atomic mass is 10.2. The van der Waals surface area contributed by atoms with Crippen molar-refractivity contribution >= 4 is 21.4 Å². The van der Waals surface area contributed by atoms with E-state index >= 15 is 0 Å². The van der Waals surface area contributed by atoms with E-state index in [1.165, 1.54) is 10.4 Å². The van der Waals surface area contributed by atoms with Crippen molar-refractivity contribution in [2.24, 2.45) is 0 Å². The van der Waals surface area contributed by atoms with Crippen molar-refractivity contribution < 1.29 is 8.42 Å². The molecule has 2 aromatic carbocycles. The zero-order chi connectivity index (χ0) is 15.6. The van der Waals surface area contributed by atoms with E-state index in [0.29, 0.717) is 23.5 Å². The summed E-state index contributed by atoms with van der Waals surface area (Å²) in [5.74, 6) is 0. The van der Waals surface area contributed by atoms with Crippen LogP contribution in [0.5, 0.6) is 0 Å². The van der Waals surface area contributed by atoms with E-state index in [0.717, 1.165) is 5.56 Å². The third-order valence-electron chi connectivity index (χ3n) is 3.36. The van der Waals surface area contributed by atoms with Gasteiger partial charge >= 0.3 is 0 Å². The molecule has 0 unspecified atom stereocenters. The number of benzene rings is 2. The summed E-state index contributed by atoms with van der Waals surface area (Å²) in [5, 5.41) is 0. The first-order valence-electron chi connectivity index (χ1n) is 6.82. The summed E-state index contributed by atoms with van der Waals surface area (Å²) in [6.07, 6.45) is 0. The Kier molecular flexibility index (Phi) is 4.23. The Morgan fingerprint density at radius 2 is 1.81 bits per heavy atom. The molecule has 0 heterocycles. The second-order valence-electron chi connectivity index (χ2n) is 5.03. The van der Waals surface area contributed by atoms with Crippen molar-refractivity contribution in [3.05, 3.63) is 53.6 Å². The van der Waals surface area contributed by atoms with Crippen LogP contribution in [0, 0.1) is 13.8 Å². The van der Waals surface area contributed by atoms with Gasteiger partial charge in [0.2, 0.25) is 0 Å². The highest BCUT2D eigenvalue weighted by Gasteiger charge is 2.25. The van der Waals surface area contributed by atoms with Crippen LogP contribution in [-0.2, 0) is 10.0 Å². The molecule has 2 aromatic rings. The summed E-state index contributed by atoms with van der Waals surface area (Å²) in [6.45, 7) is 5.90. The Balaban J connectivity index is 2.57. The summed E-state index contributed by atoms with van der Waals surface area (Å²) in [7, 11) is -3.62. The number of hydrogen-bond acceptors (Lipinski definition) is 3. The van der Waals surface area contributed by atoms with Gasteiger partial charge in [-0.1, -0.05) is 18.2 Å². The largest absolute Gasteiger partial charge is 0.399 e. The Labute approximate surface area is 126 Å². The van der Waals surface area contributed by atoms with Gasteiger partial charge in [-0.2, -0.15) is 0 Å². The van der Waals surface area contributed by atoms with Crippen LogP contribution in [0.15, 0.2) is 47.4 Å². The number of nitrogens with two attached hydrogens (primary N) is 1. The second-order valence-corrected chi connectivity index (χ2v) is 6.86. The highest BCUT2D eigenvalue weighted by molar-refractivity contribution is 7.92. The fraction of sp³-hybridized carbons (Fsp3) is 0.250. The van der Waals surface area contributed by atoms with Crippen molar-refractivity contribution in [3.8, 4) is 0 Å². The number of anilines is 2. The zero-order valence-corrected chi connectivity index (χ0v) is 13.3. The molecule has 112 valence electrons. The SMILES string of the molecule is CCN(c1cccc(C)c1)S(=O)(=O)c1cc(N)ccc1C. The first kappa shape index (κ1) is 15.4. The first-order chi connectivity index (χ1) is 9.86. The monoisotopic (exact) mass is 304 g/mol. The average Bonchev–Trinajstić information content (AvgIpc) is 2.42. The smallest absolute Gasteiger partial charge is 0.264 e. The quantitative estimate of drug-likeness (QED) is 0.883. The molecule has 4 nitrogen and oxygen atoms in total. The van der Waals surface area contributed by atoms with E-state index < -0.39 is 10.0 Å². The Morgan fingerprint density at radius 3 is 2.43 bits per heavy atom. The van der Waals surface area contributed by atoms with Gasteiger partial charge in [-0.25, -0.2) is 8.42 Å². The van der Waals surface area contributed by atoms with Crippen molar-refractivity contribution in [1.82, 2.24) is 0 Å². The molecular formula is C16H20N2O2S. The molecular weight excluding hydrogens is 284 g/mol. The molecule has 0 fully saturated rings. The highest BCUT2D eigenvalue weighted by atomic mass is 32.2. The topological polar surface area (TPSA) is 63.4 Å².